The van der Waals surface area contributed by atoms with Gasteiger partial charge >= 0.3 is 5.91 Å². The van der Waals surface area contributed by atoms with Gasteiger partial charge in [0.2, 0.25) is 0 Å². The van der Waals surface area contributed by atoms with Gasteiger partial charge < -0.3 is 9.94 Å². The van der Waals surface area contributed by atoms with Crippen molar-refractivity contribution in [2.75, 3.05) is 45.9 Å². The topological polar surface area (TPSA) is 52.6 Å². The lowest BCUT2D eigenvalue weighted by molar-refractivity contribution is -0.809. The van der Waals surface area contributed by atoms with Crippen molar-refractivity contribution in [3.8, 4) is 0 Å². The Morgan fingerprint density at radius 2 is 1.81 bits per heavy atom. The van der Waals surface area contributed by atoms with Crippen molar-refractivity contribution in [2.45, 2.75) is 19.3 Å². The lowest BCUT2D eigenvalue weighted by atomic mass is 10.1. The molecule has 2 rings (SSSR count). The van der Waals surface area contributed by atoms with E-state index in [1.807, 2.05) is 4.90 Å². The molecule has 5 nitrogen and oxygen atoms in total. The van der Waals surface area contributed by atoms with Crippen LogP contribution in [0.5, 0.6) is 0 Å². The molecule has 0 radical (unpaired) electrons. The molecule has 0 aliphatic carbocycles. The highest BCUT2D eigenvalue weighted by Gasteiger charge is 2.31. The zero-order valence-corrected chi connectivity index (χ0v) is 9.69. The fourth-order valence-corrected chi connectivity index (χ4v) is 2.35. The lowest BCUT2D eigenvalue weighted by Crippen LogP contribution is -2.55. The maximum Gasteiger partial charge on any atom is 0.327 e. The Morgan fingerprint density at radius 1 is 1.19 bits per heavy atom. The number of carbonyl (C=O) groups is 1. The molecule has 5 heteroatoms. The van der Waals surface area contributed by atoms with Crippen LogP contribution in [-0.2, 0) is 9.53 Å². The van der Waals surface area contributed by atoms with Crippen molar-refractivity contribution in [2.24, 2.45) is 0 Å². The minimum Gasteiger partial charge on any atom is -0.625 e. The summed E-state index contributed by atoms with van der Waals surface area (Å²) in [7, 11) is 0. The Morgan fingerprint density at radius 3 is 2.44 bits per heavy atom. The molecule has 2 heterocycles. The molecular weight excluding hydrogens is 208 g/mol. The van der Waals surface area contributed by atoms with Crippen molar-refractivity contribution in [1.82, 2.24) is 4.90 Å². The molecule has 2 aliphatic rings. The summed E-state index contributed by atoms with van der Waals surface area (Å²) in [6.07, 6.45) is 2.86. The predicted octanol–water partition coefficient (Wildman–Crippen LogP) is 0.344. The summed E-state index contributed by atoms with van der Waals surface area (Å²) in [5, 5.41) is 12.2. The number of hydroxylamine groups is 3. The van der Waals surface area contributed by atoms with Gasteiger partial charge in [0.25, 0.3) is 0 Å². The van der Waals surface area contributed by atoms with Crippen molar-refractivity contribution in [3.05, 3.63) is 5.21 Å². The summed E-state index contributed by atoms with van der Waals surface area (Å²) in [5.74, 6) is -0.165. The third kappa shape index (κ3) is 2.79. The quantitative estimate of drug-likeness (QED) is 0.505. The fraction of sp³-hybridized carbons (Fsp3) is 0.909. The number of morpholine rings is 1. The van der Waals surface area contributed by atoms with E-state index >= 15 is 0 Å². The molecule has 0 atom stereocenters. The Labute approximate surface area is 96.1 Å². The third-order valence-electron chi connectivity index (χ3n) is 3.46. The van der Waals surface area contributed by atoms with Crippen LogP contribution in [0.4, 0.5) is 0 Å². The smallest absolute Gasteiger partial charge is 0.327 e. The number of rotatable bonds is 2. The summed E-state index contributed by atoms with van der Waals surface area (Å²) < 4.78 is 4.62. The van der Waals surface area contributed by atoms with Crippen LogP contribution in [0.1, 0.15) is 19.3 Å². The van der Waals surface area contributed by atoms with Gasteiger partial charge in [-0.15, -0.1) is 0 Å². The molecule has 0 aromatic heterocycles. The van der Waals surface area contributed by atoms with Crippen LogP contribution in [0.15, 0.2) is 0 Å². The van der Waals surface area contributed by atoms with E-state index in [0.717, 1.165) is 32.4 Å². The van der Waals surface area contributed by atoms with Crippen LogP contribution in [0.25, 0.3) is 0 Å². The second-order valence-corrected chi connectivity index (χ2v) is 4.68. The van der Waals surface area contributed by atoms with Gasteiger partial charge in [-0.2, -0.15) is 0 Å². The van der Waals surface area contributed by atoms with Gasteiger partial charge in [0.05, 0.1) is 26.3 Å². The summed E-state index contributed by atoms with van der Waals surface area (Å²) in [6.45, 7) is 4.13. The van der Waals surface area contributed by atoms with Crippen molar-refractivity contribution in [3.63, 3.8) is 0 Å². The monoisotopic (exact) mass is 228 g/mol. The van der Waals surface area contributed by atoms with Crippen molar-refractivity contribution >= 4 is 5.91 Å². The van der Waals surface area contributed by atoms with Crippen LogP contribution >= 0.6 is 0 Å². The number of hydrogen-bond acceptors (Lipinski definition) is 4. The first-order valence-corrected chi connectivity index (χ1v) is 6.12. The van der Waals surface area contributed by atoms with Gasteiger partial charge in [0.15, 0.2) is 0 Å². The van der Waals surface area contributed by atoms with Crippen LogP contribution in [0.2, 0.25) is 0 Å². The maximum absolute atomic E-state index is 12.2. The number of ether oxygens (including phenoxy) is 1. The molecule has 0 aromatic carbocycles. The number of piperidine rings is 1. The van der Waals surface area contributed by atoms with Gasteiger partial charge in [0, 0.05) is 13.1 Å². The SMILES string of the molecule is O=C(CN1CCOCC1)[N+]1([O-])CCCCC1. The molecule has 0 bridgehead atoms. The molecule has 92 valence electrons. The van der Waals surface area contributed by atoms with Gasteiger partial charge in [-0.3, -0.25) is 9.55 Å². The normalized spacial score (nSPS) is 26.6. The first-order valence-electron chi connectivity index (χ1n) is 6.12. The second kappa shape index (κ2) is 5.23. The van der Waals surface area contributed by atoms with Crippen LogP contribution in [0.3, 0.4) is 0 Å². The number of quaternary nitrogens is 1. The molecule has 2 aliphatic heterocycles. The fourth-order valence-electron chi connectivity index (χ4n) is 2.35. The number of carbonyl (C=O) groups excluding carboxylic acids is 1. The molecule has 2 fully saturated rings. The van der Waals surface area contributed by atoms with E-state index in [9.17, 15) is 10.0 Å². The average molecular weight is 228 g/mol. The van der Waals surface area contributed by atoms with Crippen LogP contribution in [-0.4, -0.2) is 61.4 Å². The molecule has 1 amide bonds. The minimum absolute atomic E-state index is 0.165. The molecule has 0 saturated carbocycles. The Hall–Kier alpha value is -0.490. The average Bonchev–Trinajstić information content (AvgIpc) is 2.31. The number of hydrogen-bond donors (Lipinski definition) is 0. The van der Waals surface area contributed by atoms with Gasteiger partial charge in [-0.1, -0.05) is 0 Å². The number of amides is 1. The summed E-state index contributed by atoms with van der Waals surface area (Å²) >= 11 is 0. The highest BCUT2D eigenvalue weighted by Crippen LogP contribution is 2.18. The Kier molecular flexibility index (Phi) is 3.91. The molecule has 0 N–H and O–H groups in total. The molecule has 2 saturated heterocycles. The van der Waals surface area contributed by atoms with Gasteiger partial charge in [0.1, 0.15) is 6.54 Å². The highest BCUT2D eigenvalue weighted by atomic mass is 16.6. The standard InChI is InChI=1S/C11H20N2O3/c14-11(10-12-4-8-16-9-5-12)13(15)6-2-1-3-7-13/h1-10H2. The molecular formula is C11H20N2O3. The summed E-state index contributed by atoms with van der Waals surface area (Å²) in [6, 6.07) is 0. The second-order valence-electron chi connectivity index (χ2n) is 4.68. The number of likely N-dealkylation sites (tertiary alicyclic amines) is 1. The number of nitrogens with zero attached hydrogens (tertiary/aromatic N) is 2. The highest BCUT2D eigenvalue weighted by molar-refractivity contribution is 5.71. The summed E-state index contributed by atoms with van der Waals surface area (Å²) in [4.78, 5) is 14.0. The van der Waals surface area contributed by atoms with E-state index < -0.39 is 4.65 Å². The molecule has 0 spiro atoms. The molecule has 0 unspecified atom stereocenters. The maximum atomic E-state index is 12.2. The molecule has 16 heavy (non-hydrogen) atoms. The first-order chi connectivity index (χ1) is 7.71. The van der Waals surface area contributed by atoms with Crippen LogP contribution < -0.4 is 0 Å². The van der Waals surface area contributed by atoms with Gasteiger partial charge in [-0.25, -0.2) is 4.79 Å². The predicted molar refractivity (Wildman–Crippen MR) is 59.5 cm³/mol. The van der Waals surface area contributed by atoms with E-state index in [4.69, 9.17) is 4.74 Å². The zero-order valence-electron chi connectivity index (χ0n) is 9.69. The Balaban J connectivity index is 1.85. The van der Waals surface area contributed by atoms with E-state index in [2.05, 4.69) is 0 Å². The van der Waals surface area contributed by atoms with Crippen molar-refractivity contribution < 1.29 is 14.2 Å². The zero-order chi connectivity index (χ0) is 11.4. The van der Waals surface area contributed by atoms with Gasteiger partial charge in [-0.05, 0) is 19.3 Å². The molecule has 0 aromatic rings. The lowest BCUT2D eigenvalue weighted by Gasteiger charge is -2.43. The third-order valence-corrected chi connectivity index (χ3v) is 3.46. The van der Waals surface area contributed by atoms with E-state index in [1.54, 1.807) is 0 Å². The van der Waals surface area contributed by atoms with E-state index in [1.165, 1.54) is 0 Å². The first kappa shape index (κ1) is 12.0. The Bertz CT molecular complexity index is 246. The summed E-state index contributed by atoms with van der Waals surface area (Å²) in [5.41, 5.74) is 0. The van der Waals surface area contributed by atoms with Crippen molar-refractivity contribution in [1.29, 1.82) is 0 Å². The van der Waals surface area contributed by atoms with E-state index in [-0.39, 0.29) is 5.91 Å². The minimum atomic E-state index is -0.600. The van der Waals surface area contributed by atoms with E-state index in [0.29, 0.717) is 32.8 Å². The van der Waals surface area contributed by atoms with Crippen LogP contribution in [0, 0.1) is 5.21 Å². The largest absolute Gasteiger partial charge is 0.625 e.